The second-order valence-electron chi connectivity index (χ2n) is 3.57. The summed E-state index contributed by atoms with van der Waals surface area (Å²) in [5, 5.41) is 0. The first-order valence-corrected chi connectivity index (χ1v) is 5.12. The van der Waals surface area contributed by atoms with Gasteiger partial charge in [-0.3, -0.25) is 0 Å². The Kier molecular flexibility index (Phi) is 3.15. The highest BCUT2D eigenvalue weighted by atomic mass is 15.0. The van der Waals surface area contributed by atoms with Gasteiger partial charge in [-0.25, -0.2) is 4.98 Å². The fourth-order valence-electron chi connectivity index (χ4n) is 1.59. The van der Waals surface area contributed by atoms with Crippen molar-refractivity contribution in [2.24, 2.45) is 5.73 Å². The molecule has 0 saturated carbocycles. The molecule has 2 rings (SSSR count). The molecule has 0 fully saturated rings. The largest absolute Gasteiger partial charge is 0.337 e. The summed E-state index contributed by atoms with van der Waals surface area (Å²) < 4.78 is 2.08. The smallest absolute Gasteiger partial charge is 0.0946 e. The van der Waals surface area contributed by atoms with Crippen molar-refractivity contribution in [3.8, 4) is 0 Å². The molecule has 0 atom stereocenters. The summed E-state index contributed by atoms with van der Waals surface area (Å²) in [5.74, 6) is 0. The van der Waals surface area contributed by atoms with Crippen LogP contribution in [-0.2, 0) is 19.5 Å². The van der Waals surface area contributed by atoms with E-state index < -0.39 is 0 Å². The monoisotopic (exact) mass is 201 g/mol. The number of hydrogen-bond donors (Lipinski definition) is 1. The van der Waals surface area contributed by atoms with E-state index in [1.807, 2.05) is 12.5 Å². The molecule has 0 unspecified atom stereocenters. The van der Waals surface area contributed by atoms with Gasteiger partial charge in [0.15, 0.2) is 0 Å². The number of benzene rings is 1. The van der Waals surface area contributed by atoms with Crippen LogP contribution in [0.15, 0.2) is 43.0 Å². The number of aryl methyl sites for hydroxylation is 2. The molecule has 2 N–H and O–H groups in total. The predicted octanol–water partition coefficient (Wildman–Crippen LogP) is 1.58. The van der Waals surface area contributed by atoms with Crippen LogP contribution in [0.25, 0.3) is 0 Å². The molecule has 0 spiro atoms. The van der Waals surface area contributed by atoms with E-state index in [4.69, 9.17) is 5.73 Å². The van der Waals surface area contributed by atoms with Crippen molar-refractivity contribution in [3.05, 3.63) is 54.1 Å². The average Bonchev–Trinajstić information content (AvgIpc) is 2.79. The highest BCUT2D eigenvalue weighted by molar-refractivity contribution is 5.23. The van der Waals surface area contributed by atoms with Gasteiger partial charge in [-0.2, -0.15) is 0 Å². The van der Waals surface area contributed by atoms with Gasteiger partial charge in [0, 0.05) is 25.5 Å². The van der Waals surface area contributed by atoms with Gasteiger partial charge in [0.25, 0.3) is 0 Å². The van der Waals surface area contributed by atoms with E-state index in [0.717, 1.165) is 13.0 Å². The van der Waals surface area contributed by atoms with Crippen molar-refractivity contribution in [2.45, 2.75) is 19.5 Å². The molecule has 0 amide bonds. The quantitative estimate of drug-likeness (QED) is 0.816. The normalized spacial score (nSPS) is 10.5. The van der Waals surface area contributed by atoms with Gasteiger partial charge in [0.1, 0.15) is 0 Å². The van der Waals surface area contributed by atoms with Crippen molar-refractivity contribution < 1.29 is 0 Å². The second-order valence-corrected chi connectivity index (χ2v) is 3.57. The molecule has 0 bridgehead atoms. The maximum atomic E-state index is 5.59. The van der Waals surface area contributed by atoms with Crippen molar-refractivity contribution >= 4 is 0 Å². The number of nitrogens with two attached hydrogens (primary N) is 1. The zero-order chi connectivity index (χ0) is 10.5. The predicted molar refractivity (Wildman–Crippen MR) is 60.3 cm³/mol. The molecule has 2 aromatic rings. The van der Waals surface area contributed by atoms with Gasteiger partial charge in [0.05, 0.1) is 6.33 Å². The van der Waals surface area contributed by atoms with Crippen LogP contribution in [0, 0.1) is 0 Å². The lowest BCUT2D eigenvalue weighted by Gasteiger charge is -2.04. The number of imidazole rings is 1. The average molecular weight is 201 g/mol. The molecule has 1 aromatic carbocycles. The van der Waals surface area contributed by atoms with Gasteiger partial charge in [-0.05, 0) is 17.5 Å². The van der Waals surface area contributed by atoms with Gasteiger partial charge < -0.3 is 10.3 Å². The highest BCUT2D eigenvalue weighted by Gasteiger charge is 1.95. The summed E-state index contributed by atoms with van der Waals surface area (Å²) in [7, 11) is 0. The van der Waals surface area contributed by atoms with Crippen LogP contribution >= 0.6 is 0 Å². The third kappa shape index (κ3) is 2.67. The van der Waals surface area contributed by atoms with Gasteiger partial charge in [0.2, 0.25) is 0 Å². The molecule has 0 aliphatic heterocycles. The molecule has 1 heterocycles. The number of hydrogen-bond acceptors (Lipinski definition) is 2. The Morgan fingerprint density at radius 2 is 2.13 bits per heavy atom. The van der Waals surface area contributed by atoms with Gasteiger partial charge >= 0.3 is 0 Å². The van der Waals surface area contributed by atoms with Crippen LogP contribution in [0.4, 0.5) is 0 Å². The summed E-state index contributed by atoms with van der Waals surface area (Å²) in [5.41, 5.74) is 8.11. The molecule has 15 heavy (non-hydrogen) atoms. The molecular formula is C12H15N3. The Bertz CT molecular complexity index is 407. The van der Waals surface area contributed by atoms with E-state index in [1.165, 1.54) is 11.1 Å². The van der Waals surface area contributed by atoms with E-state index in [1.54, 1.807) is 6.20 Å². The number of nitrogens with zero attached hydrogens (tertiary/aromatic N) is 2. The summed E-state index contributed by atoms with van der Waals surface area (Å²) in [4.78, 5) is 4.01. The Morgan fingerprint density at radius 1 is 1.27 bits per heavy atom. The highest BCUT2D eigenvalue weighted by Crippen LogP contribution is 2.06. The molecule has 0 aliphatic carbocycles. The lowest BCUT2D eigenvalue weighted by molar-refractivity contribution is 0.695. The molecule has 0 aliphatic rings. The third-order valence-electron chi connectivity index (χ3n) is 2.44. The van der Waals surface area contributed by atoms with E-state index in [9.17, 15) is 0 Å². The minimum atomic E-state index is 0.610. The topological polar surface area (TPSA) is 43.8 Å². The summed E-state index contributed by atoms with van der Waals surface area (Å²) in [6, 6.07) is 8.42. The molecule has 3 nitrogen and oxygen atoms in total. The summed E-state index contributed by atoms with van der Waals surface area (Å²) >= 11 is 0. The fourth-order valence-corrected chi connectivity index (χ4v) is 1.59. The maximum absolute atomic E-state index is 5.59. The second kappa shape index (κ2) is 4.75. The molecule has 3 heteroatoms. The minimum Gasteiger partial charge on any atom is -0.337 e. The molecule has 1 aromatic heterocycles. The van der Waals surface area contributed by atoms with Crippen molar-refractivity contribution in [2.75, 3.05) is 0 Å². The minimum absolute atomic E-state index is 0.610. The number of rotatable bonds is 4. The van der Waals surface area contributed by atoms with Gasteiger partial charge in [-0.15, -0.1) is 0 Å². The van der Waals surface area contributed by atoms with Crippen LogP contribution < -0.4 is 5.73 Å². The van der Waals surface area contributed by atoms with Crippen molar-refractivity contribution in [3.63, 3.8) is 0 Å². The van der Waals surface area contributed by atoms with E-state index in [2.05, 4.69) is 33.8 Å². The molecular weight excluding hydrogens is 186 g/mol. The van der Waals surface area contributed by atoms with Crippen molar-refractivity contribution in [1.82, 2.24) is 9.55 Å². The molecule has 0 radical (unpaired) electrons. The Hall–Kier alpha value is -1.61. The van der Waals surface area contributed by atoms with E-state index in [-0.39, 0.29) is 0 Å². The van der Waals surface area contributed by atoms with Crippen LogP contribution in [0.3, 0.4) is 0 Å². The van der Waals surface area contributed by atoms with Crippen LogP contribution in [0.5, 0.6) is 0 Å². The first-order valence-electron chi connectivity index (χ1n) is 5.12. The van der Waals surface area contributed by atoms with Gasteiger partial charge in [-0.1, -0.05) is 24.3 Å². The third-order valence-corrected chi connectivity index (χ3v) is 2.44. The standard InChI is InChI=1S/C12H15N3/c13-9-12-3-1-2-11(8-12)4-6-15-7-5-14-10-15/h1-3,5,7-8,10H,4,6,9,13H2. The lowest BCUT2D eigenvalue weighted by Crippen LogP contribution is -2.00. The van der Waals surface area contributed by atoms with Crippen LogP contribution in [0.1, 0.15) is 11.1 Å². The summed E-state index contributed by atoms with van der Waals surface area (Å²) in [6.45, 7) is 1.58. The first kappa shape index (κ1) is 9.93. The number of aromatic nitrogens is 2. The molecule has 78 valence electrons. The Balaban J connectivity index is 1.98. The first-order chi connectivity index (χ1) is 7.38. The Morgan fingerprint density at radius 3 is 2.87 bits per heavy atom. The zero-order valence-corrected chi connectivity index (χ0v) is 8.63. The fraction of sp³-hybridized carbons (Fsp3) is 0.250. The van der Waals surface area contributed by atoms with E-state index in [0.29, 0.717) is 6.54 Å². The van der Waals surface area contributed by atoms with E-state index >= 15 is 0 Å². The van der Waals surface area contributed by atoms with Crippen molar-refractivity contribution in [1.29, 1.82) is 0 Å². The van der Waals surface area contributed by atoms with Crippen LogP contribution in [0.2, 0.25) is 0 Å². The summed E-state index contributed by atoms with van der Waals surface area (Å²) in [6.07, 6.45) is 6.64. The lowest BCUT2D eigenvalue weighted by atomic mass is 10.1. The van der Waals surface area contributed by atoms with Crippen LogP contribution in [-0.4, -0.2) is 9.55 Å². The Labute approximate surface area is 89.6 Å². The molecule has 0 saturated heterocycles. The maximum Gasteiger partial charge on any atom is 0.0946 e. The zero-order valence-electron chi connectivity index (χ0n) is 8.63. The SMILES string of the molecule is NCc1cccc(CCn2ccnc2)c1.